The Labute approximate surface area is 248 Å². The molecule has 222 valence electrons. The van der Waals surface area contributed by atoms with Crippen LogP contribution in [-0.4, -0.2) is 31.2 Å². The molecule has 2 rings (SSSR count). The predicted molar refractivity (Wildman–Crippen MR) is 176 cm³/mol. The van der Waals surface area contributed by atoms with E-state index in [0.717, 1.165) is 19.3 Å². The van der Waals surface area contributed by atoms with Gasteiger partial charge in [0.15, 0.2) is 18.1 Å². The zero-order valence-electron chi connectivity index (χ0n) is 27.0. The maximum atomic E-state index is 11.4. The molecule has 0 radical (unpaired) electrons. The monoisotopic (exact) mass is 582 g/mol. The highest BCUT2D eigenvalue weighted by atomic mass is 28.3. The molecule has 0 aliphatic carbocycles. The first-order valence-electron chi connectivity index (χ1n) is 14.9. The molecule has 0 saturated carbocycles. The number of hydrogen-bond acceptors (Lipinski definition) is 4. The summed E-state index contributed by atoms with van der Waals surface area (Å²) in [6, 6.07) is 15.6. The molecule has 0 aromatic heterocycles. The van der Waals surface area contributed by atoms with Crippen LogP contribution in [0.3, 0.4) is 0 Å². The molecule has 0 saturated heterocycles. The Bertz CT molecular complexity index is 1060. The van der Waals surface area contributed by atoms with Crippen LogP contribution in [0.4, 0.5) is 0 Å². The summed E-state index contributed by atoms with van der Waals surface area (Å²) in [7, 11) is -1.09. The highest BCUT2D eigenvalue weighted by Crippen LogP contribution is 2.42. The summed E-state index contributed by atoms with van der Waals surface area (Å²) in [6.45, 7) is 22.6. The first kappa shape index (κ1) is 34.2. The van der Waals surface area contributed by atoms with E-state index in [4.69, 9.17) is 13.6 Å². The third-order valence-electron chi connectivity index (χ3n) is 6.74. The second kappa shape index (κ2) is 15.3. The van der Waals surface area contributed by atoms with Crippen molar-refractivity contribution in [2.45, 2.75) is 106 Å². The maximum absolute atomic E-state index is 11.4. The van der Waals surface area contributed by atoms with Crippen molar-refractivity contribution < 1.29 is 18.4 Å². The average Bonchev–Trinajstić information content (AvgIpc) is 2.85. The maximum Gasteiger partial charge on any atom is 0.305 e. The minimum Gasteiger partial charge on any atom is -0.469 e. The zero-order valence-corrected chi connectivity index (χ0v) is 29.3. The lowest BCUT2D eigenvalue weighted by Crippen LogP contribution is -2.28. The summed E-state index contributed by atoms with van der Waals surface area (Å²) < 4.78 is 18.1. The number of methoxy groups -OCH3 is 1. The van der Waals surface area contributed by atoms with Crippen LogP contribution < -0.4 is 0 Å². The SMILES string of the molecule is COC(=O)CCCCc1cccc(C=Cc2cc(C(O[SiH](C)C)C(C)(C)C)cc(C(O[SiH](C)C)C(C)(C)C)c2)c1. The molecule has 0 heterocycles. The van der Waals surface area contributed by atoms with Crippen molar-refractivity contribution in [3.63, 3.8) is 0 Å². The summed E-state index contributed by atoms with van der Waals surface area (Å²) in [5.74, 6) is -0.136. The number of aryl methyl sites for hydroxylation is 1. The van der Waals surface area contributed by atoms with Gasteiger partial charge < -0.3 is 13.6 Å². The Balaban J connectivity index is 2.46. The summed E-state index contributed by atoms with van der Waals surface area (Å²) in [6.07, 6.45) is 7.71. The molecule has 0 spiro atoms. The smallest absolute Gasteiger partial charge is 0.305 e. The molecule has 2 aromatic rings. The van der Waals surface area contributed by atoms with Gasteiger partial charge in [0.25, 0.3) is 0 Å². The van der Waals surface area contributed by atoms with Gasteiger partial charge in [0, 0.05) is 6.42 Å². The molecular formula is C34H54O4Si2. The van der Waals surface area contributed by atoms with E-state index in [1.54, 1.807) is 0 Å². The first-order valence-corrected chi connectivity index (χ1v) is 20.5. The summed E-state index contributed by atoms with van der Waals surface area (Å²) in [4.78, 5) is 11.4. The van der Waals surface area contributed by atoms with Crippen molar-refractivity contribution >= 4 is 36.2 Å². The Kier molecular flexibility index (Phi) is 13.1. The Morgan fingerprint density at radius 2 is 1.30 bits per heavy atom. The van der Waals surface area contributed by atoms with Gasteiger partial charge in [0.1, 0.15) is 0 Å². The molecule has 0 bridgehead atoms. The van der Waals surface area contributed by atoms with Crippen LogP contribution in [0.5, 0.6) is 0 Å². The van der Waals surface area contributed by atoms with Crippen molar-refractivity contribution in [1.29, 1.82) is 0 Å². The second-order valence-corrected chi connectivity index (χ2v) is 18.4. The molecule has 0 aliphatic rings. The number of carbonyl (C=O) groups is 1. The van der Waals surface area contributed by atoms with E-state index in [-0.39, 0.29) is 29.0 Å². The summed E-state index contributed by atoms with van der Waals surface area (Å²) >= 11 is 0. The number of hydrogen-bond donors (Lipinski definition) is 0. The third kappa shape index (κ3) is 11.5. The van der Waals surface area contributed by atoms with E-state index in [0.29, 0.717) is 6.42 Å². The highest BCUT2D eigenvalue weighted by molar-refractivity contribution is 6.48. The Morgan fingerprint density at radius 3 is 1.77 bits per heavy atom. The number of unbranched alkanes of at least 4 members (excludes halogenated alkanes) is 1. The lowest BCUT2D eigenvalue weighted by molar-refractivity contribution is -0.140. The predicted octanol–water partition coefficient (Wildman–Crippen LogP) is 8.92. The minimum absolute atomic E-state index is 0.0238. The van der Waals surface area contributed by atoms with Crippen LogP contribution in [0, 0.1) is 10.8 Å². The number of ether oxygens (including phenoxy) is 1. The molecule has 0 amide bonds. The van der Waals surface area contributed by atoms with Crippen molar-refractivity contribution in [2.24, 2.45) is 10.8 Å². The second-order valence-electron chi connectivity index (χ2n) is 13.7. The highest BCUT2D eigenvalue weighted by Gasteiger charge is 2.32. The zero-order chi connectivity index (χ0) is 30.1. The standard InChI is InChI=1S/C34H54O4Si2/c1-33(2,3)31(37-39(8)9)28-22-27(23-29(24-28)32(34(4,5)6)38-40(10)11)20-19-26-17-14-16-25(21-26)15-12-13-18-30(35)36-7/h14,16-17,19-24,31-32,39-40H,12-13,15,18H2,1-11H3. The molecule has 0 fully saturated rings. The average molecular weight is 583 g/mol. The molecule has 0 N–H and O–H groups in total. The van der Waals surface area contributed by atoms with Crippen molar-refractivity contribution in [3.8, 4) is 0 Å². The van der Waals surface area contributed by atoms with Crippen molar-refractivity contribution in [3.05, 3.63) is 70.3 Å². The van der Waals surface area contributed by atoms with Gasteiger partial charge in [-0.1, -0.05) is 84.0 Å². The summed E-state index contributed by atoms with van der Waals surface area (Å²) in [5.41, 5.74) is 6.04. The van der Waals surface area contributed by atoms with Gasteiger partial charge in [-0.3, -0.25) is 4.79 Å². The van der Waals surface area contributed by atoms with Crippen LogP contribution in [0.25, 0.3) is 12.2 Å². The molecule has 0 aliphatic heterocycles. The largest absolute Gasteiger partial charge is 0.469 e. The Morgan fingerprint density at radius 1 is 0.775 bits per heavy atom. The van der Waals surface area contributed by atoms with Crippen LogP contribution >= 0.6 is 0 Å². The number of rotatable bonds is 13. The van der Waals surface area contributed by atoms with Crippen LogP contribution in [0.15, 0.2) is 42.5 Å². The lowest BCUT2D eigenvalue weighted by atomic mass is 9.80. The minimum atomic E-state index is -1.27. The number of benzene rings is 2. The number of esters is 1. The molecule has 2 atom stereocenters. The fraction of sp³-hybridized carbons (Fsp3) is 0.559. The molecule has 2 aromatic carbocycles. The molecule has 4 nitrogen and oxygen atoms in total. The molecule has 2 unspecified atom stereocenters. The topological polar surface area (TPSA) is 44.8 Å². The van der Waals surface area contributed by atoms with Gasteiger partial charge in [0.2, 0.25) is 0 Å². The fourth-order valence-electron chi connectivity index (χ4n) is 4.96. The van der Waals surface area contributed by atoms with Gasteiger partial charge in [-0.2, -0.15) is 0 Å². The normalized spacial score (nSPS) is 14.2. The van der Waals surface area contributed by atoms with E-state index in [1.165, 1.54) is 34.9 Å². The number of carbonyl (C=O) groups excluding carboxylic acids is 1. The van der Waals surface area contributed by atoms with E-state index >= 15 is 0 Å². The van der Waals surface area contributed by atoms with E-state index in [1.807, 2.05) is 0 Å². The quantitative estimate of drug-likeness (QED) is 0.102. The van der Waals surface area contributed by atoms with Gasteiger partial charge in [-0.15, -0.1) is 0 Å². The van der Waals surface area contributed by atoms with E-state index in [9.17, 15) is 4.79 Å². The van der Waals surface area contributed by atoms with Crippen LogP contribution in [0.1, 0.15) is 101 Å². The first-order chi connectivity index (χ1) is 18.6. The van der Waals surface area contributed by atoms with E-state index < -0.39 is 18.1 Å². The van der Waals surface area contributed by atoms with Gasteiger partial charge in [-0.05, 0) is 96.2 Å². The lowest BCUT2D eigenvalue weighted by Gasteiger charge is -2.36. The van der Waals surface area contributed by atoms with Crippen LogP contribution in [-0.2, 0) is 24.8 Å². The van der Waals surface area contributed by atoms with Gasteiger partial charge in [0.05, 0.1) is 19.3 Å². The van der Waals surface area contributed by atoms with E-state index in [2.05, 4.69) is 122 Å². The molecule has 40 heavy (non-hydrogen) atoms. The van der Waals surface area contributed by atoms with Gasteiger partial charge in [-0.25, -0.2) is 0 Å². The fourth-order valence-corrected chi connectivity index (χ4v) is 7.18. The van der Waals surface area contributed by atoms with Gasteiger partial charge >= 0.3 is 5.97 Å². The van der Waals surface area contributed by atoms with Crippen molar-refractivity contribution in [1.82, 2.24) is 0 Å². The summed E-state index contributed by atoms with van der Waals surface area (Å²) in [5, 5.41) is 0. The molecule has 6 heteroatoms. The molecular weight excluding hydrogens is 529 g/mol. The Hall–Kier alpha value is -2.00. The van der Waals surface area contributed by atoms with Crippen LogP contribution in [0.2, 0.25) is 26.2 Å². The van der Waals surface area contributed by atoms with Crippen molar-refractivity contribution in [2.75, 3.05) is 7.11 Å². The third-order valence-corrected chi connectivity index (χ3v) is 8.37.